The summed E-state index contributed by atoms with van der Waals surface area (Å²) in [6.07, 6.45) is 1.09. The smallest absolute Gasteiger partial charge is 0.252 e. The molecule has 0 saturated carbocycles. The maximum atomic E-state index is 13.8. The lowest BCUT2D eigenvalue weighted by Crippen LogP contribution is -2.27. The summed E-state index contributed by atoms with van der Waals surface area (Å²) in [7, 11) is -2.04. The molecule has 1 amide bonds. The molecule has 0 aliphatic rings. The molecule has 0 aliphatic heterocycles. The van der Waals surface area contributed by atoms with Crippen molar-refractivity contribution in [1.82, 2.24) is 5.32 Å². The molecule has 1 N–H and O–H groups in total. The van der Waals surface area contributed by atoms with Crippen molar-refractivity contribution in [2.24, 2.45) is 0 Å². The third-order valence-electron chi connectivity index (χ3n) is 3.91. The number of rotatable bonds is 5. The molecule has 7 heteroatoms. The second-order valence-corrected chi connectivity index (χ2v) is 7.85. The Kier molecular flexibility index (Phi) is 5.47. The average Bonchev–Trinajstić information content (AvgIpc) is 2.53. The highest BCUT2D eigenvalue weighted by molar-refractivity contribution is 7.90. The molecule has 25 heavy (non-hydrogen) atoms. The van der Waals surface area contributed by atoms with Gasteiger partial charge >= 0.3 is 0 Å². The summed E-state index contributed by atoms with van der Waals surface area (Å²) in [5.74, 6) is -0.818. The lowest BCUT2D eigenvalue weighted by atomic mass is 10.1. The molecule has 0 radical (unpaired) electrons. The van der Waals surface area contributed by atoms with Crippen molar-refractivity contribution in [2.75, 3.05) is 13.4 Å². The number of carbonyl (C=O) groups is 1. The molecule has 0 bridgehead atoms. The van der Waals surface area contributed by atoms with Crippen LogP contribution in [0.1, 0.15) is 34.5 Å². The van der Waals surface area contributed by atoms with Crippen LogP contribution >= 0.6 is 0 Å². The summed E-state index contributed by atoms with van der Waals surface area (Å²) < 4.78 is 42.0. The molecule has 0 aliphatic carbocycles. The molecular weight excluding hydrogens is 345 g/mol. The van der Waals surface area contributed by atoms with Gasteiger partial charge in [0.05, 0.1) is 18.0 Å². The Bertz CT molecular complexity index is 909. The Morgan fingerprint density at radius 2 is 1.88 bits per heavy atom. The van der Waals surface area contributed by atoms with Crippen LogP contribution in [0.4, 0.5) is 4.39 Å². The second kappa shape index (κ2) is 7.23. The number of sulfone groups is 1. The Hall–Kier alpha value is -2.41. The molecule has 0 heterocycles. The van der Waals surface area contributed by atoms with Crippen LogP contribution < -0.4 is 10.1 Å². The molecule has 0 aromatic heterocycles. The van der Waals surface area contributed by atoms with E-state index >= 15 is 0 Å². The van der Waals surface area contributed by atoms with Gasteiger partial charge in [-0.3, -0.25) is 4.79 Å². The van der Waals surface area contributed by atoms with Gasteiger partial charge in [-0.15, -0.1) is 0 Å². The van der Waals surface area contributed by atoms with E-state index in [2.05, 4.69) is 5.32 Å². The largest absolute Gasteiger partial charge is 0.494 e. The highest BCUT2D eigenvalue weighted by atomic mass is 32.2. The van der Waals surface area contributed by atoms with Crippen molar-refractivity contribution < 1.29 is 22.3 Å². The van der Waals surface area contributed by atoms with Crippen molar-refractivity contribution >= 4 is 15.7 Å². The van der Waals surface area contributed by atoms with Crippen LogP contribution in [0.15, 0.2) is 41.3 Å². The first kappa shape index (κ1) is 18.9. The zero-order valence-electron chi connectivity index (χ0n) is 14.5. The molecule has 2 aromatic carbocycles. The van der Waals surface area contributed by atoms with E-state index in [1.165, 1.54) is 31.4 Å². The van der Waals surface area contributed by atoms with Gasteiger partial charge in [0.25, 0.3) is 5.91 Å². The van der Waals surface area contributed by atoms with Crippen molar-refractivity contribution in [3.05, 3.63) is 58.9 Å². The van der Waals surface area contributed by atoms with Crippen LogP contribution in [0.5, 0.6) is 5.75 Å². The number of benzene rings is 2. The molecule has 2 aromatic rings. The third-order valence-corrected chi connectivity index (χ3v) is 5.02. The van der Waals surface area contributed by atoms with Crippen molar-refractivity contribution in [2.45, 2.75) is 24.8 Å². The normalized spacial score (nSPS) is 12.5. The molecule has 5 nitrogen and oxygen atoms in total. The maximum Gasteiger partial charge on any atom is 0.252 e. The van der Waals surface area contributed by atoms with Gasteiger partial charge in [0.1, 0.15) is 0 Å². The number of carbonyl (C=O) groups excluding carboxylic acids is 1. The molecule has 1 atom stereocenters. The summed E-state index contributed by atoms with van der Waals surface area (Å²) in [6, 6.07) is 8.38. The van der Waals surface area contributed by atoms with E-state index < -0.39 is 27.6 Å². The van der Waals surface area contributed by atoms with E-state index in [4.69, 9.17) is 4.74 Å². The fraction of sp³-hybridized carbons (Fsp3) is 0.278. The van der Waals surface area contributed by atoms with Crippen LogP contribution in [0.25, 0.3) is 0 Å². The van der Waals surface area contributed by atoms with Gasteiger partial charge in [0, 0.05) is 11.8 Å². The highest BCUT2D eigenvalue weighted by Crippen LogP contribution is 2.22. The van der Waals surface area contributed by atoms with Gasteiger partial charge in [0.2, 0.25) is 0 Å². The predicted octanol–water partition coefficient (Wildman–Crippen LogP) is 3.04. The third kappa shape index (κ3) is 4.36. The Morgan fingerprint density at radius 1 is 1.20 bits per heavy atom. The second-order valence-electron chi connectivity index (χ2n) is 5.84. The van der Waals surface area contributed by atoms with Gasteiger partial charge in [-0.05, 0) is 49.2 Å². The van der Waals surface area contributed by atoms with Gasteiger partial charge < -0.3 is 10.1 Å². The van der Waals surface area contributed by atoms with E-state index in [1.807, 2.05) is 0 Å². The molecule has 2 rings (SSSR count). The zero-order chi connectivity index (χ0) is 18.8. The predicted molar refractivity (Wildman–Crippen MR) is 93.1 cm³/mol. The first-order valence-electron chi connectivity index (χ1n) is 7.58. The van der Waals surface area contributed by atoms with Gasteiger partial charge in [-0.1, -0.05) is 12.1 Å². The van der Waals surface area contributed by atoms with Crippen LogP contribution in [0.3, 0.4) is 0 Å². The fourth-order valence-electron chi connectivity index (χ4n) is 2.39. The fourth-order valence-corrected chi connectivity index (χ4v) is 3.03. The molecule has 0 fully saturated rings. The summed E-state index contributed by atoms with van der Waals surface area (Å²) >= 11 is 0. The summed E-state index contributed by atoms with van der Waals surface area (Å²) in [4.78, 5) is 12.6. The van der Waals surface area contributed by atoms with E-state index in [0.29, 0.717) is 11.1 Å². The number of halogens is 1. The minimum absolute atomic E-state index is 0.0754. The summed E-state index contributed by atoms with van der Waals surface area (Å²) in [6.45, 7) is 3.44. The Morgan fingerprint density at radius 3 is 2.44 bits per heavy atom. The maximum absolute atomic E-state index is 13.8. The molecule has 1 unspecified atom stereocenters. The minimum atomic E-state index is -3.41. The number of ether oxygens (including phenoxy) is 1. The molecule has 0 spiro atoms. The number of nitrogens with one attached hydrogen (secondary N) is 1. The quantitative estimate of drug-likeness (QED) is 0.884. The lowest BCUT2D eigenvalue weighted by molar-refractivity contribution is 0.0939. The average molecular weight is 365 g/mol. The number of hydrogen-bond donors (Lipinski definition) is 1. The zero-order valence-corrected chi connectivity index (χ0v) is 15.3. The minimum Gasteiger partial charge on any atom is -0.494 e. The topological polar surface area (TPSA) is 72.5 Å². The van der Waals surface area contributed by atoms with Crippen molar-refractivity contribution in [3.63, 3.8) is 0 Å². The number of hydrogen-bond acceptors (Lipinski definition) is 4. The van der Waals surface area contributed by atoms with E-state index in [-0.39, 0.29) is 16.2 Å². The van der Waals surface area contributed by atoms with E-state index in [0.717, 1.165) is 6.26 Å². The van der Waals surface area contributed by atoms with Gasteiger partial charge in [-0.2, -0.15) is 0 Å². The van der Waals surface area contributed by atoms with E-state index in [1.54, 1.807) is 26.0 Å². The summed E-state index contributed by atoms with van der Waals surface area (Å²) in [5, 5.41) is 2.76. The molecule has 0 saturated heterocycles. The van der Waals surface area contributed by atoms with Crippen LogP contribution in [-0.4, -0.2) is 27.7 Å². The highest BCUT2D eigenvalue weighted by Gasteiger charge is 2.17. The van der Waals surface area contributed by atoms with Crippen molar-refractivity contribution in [1.29, 1.82) is 0 Å². The van der Waals surface area contributed by atoms with Crippen LogP contribution in [-0.2, 0) is 9.84 Å². The SMILES string of the molecule is COc1ccc(C(C)NC(=O)c2cc(S(C)(=O)=O)ccc2C)cc1F. The molecule has 134 valence electrons. The Balaban J connectivity index is 2.26. The van der Waals surface area contributed by atoms with Crippen LogP contribution in [0.2, 0.25) is 0 Å². The van der Waals surface area contributed by atoms with Gasteiger partial charge in [-0.25, -0.2) is 12.8 Å². The molecular formula is C18H20FNO4S. The van der Waals surface area contributed by atoms with E-state index in [9.17, 15) is 17.6 Å². The monoisotopic (exact) mass is 365 g/mol. The van der Waals surface area contributed by atoms with Crippen molar-refractivity contribution in [3.8, 4) is 5.75 Å². The first-order chi connectivity index (χ1) is 11.6. The number of aryl methyl sites for hydroxylation is 1. The lowest BCUT2D eigenvalue weighted by Gasteiger charge is -2.16. The summed E-state index contributed by atoms with van der Waals surface area (Å²) in [5.41, 5.74) is 1.49. The van der Waals surface area contributed by atoms with Crippen LogP contribution in [0, 0.1) is 12.7 Å². The van der Waals surface area contributed by atoms with Gasteiger partial charge in [0.15, 0.2) is 21.4 Å². The standard InChI is InChI=1S/C18H20FNO4S/c1-11-5-7-14(25(4,22)23)10-15(11)18(21)20-12(2)13-6-8-17(24-3)16(19)9-13/h5-10,12H,1-4H3,(H,20,21). The number of amides is 1. The first-order valence-corrected chi connectivity index (χ1v) is 9.47. The Labute approximate surface area is 146 Å². The number of methoxy groups -OCH3 is 1.